The average molecular weight is 491 g/mol. The molecule has 2 N–H and O–H groups in total. The first-order valence-electron chi connectivity index (χ1n) is 10.9. The van der Waals surface area contributed by atoms with E-state index in [2.05, 4.69) is 9.97 Å². The number of carbonyl (C=O) groups excluding carboxylic acids is 5. The van der Waals surface area contributed by atoms with E-state index >= 15 is 0 Å². The predicted octanol–water partition coefficient (Wildman–Crippen LogP) is 1.39. The quantitative estimate of drug-likeness (QED) is 0.241. The number of aromatic amines is 2. The molecule has 2 aromatic heterocycles. The summed E-state index contributed by atoms with van der Waals surface area (Å²) in [5.74, 6) is -1.81. The van der Waals surface area contributed by atoms with Crippen LogP contribution >= 0.6 is 0 Å². The number of aromatic nitrogens is 2. The lowest BCUT2D eigenvalue weighted by Crippen LogP contribution is -2.11. The van der Waals surface area contributed by atoms with E-state index in [0.29, 0.717) is 40.8 Å². The van der Waals surface area contributed by atoms with E-state index < -0.39 is 17.9 Å². The van der Waals surface area contributed by atoms with Gasteiger partial charge in [-0.2, -0.15) is 0 Å². The molecule has 0 saturated carbocycles. The number of nitrogens with one attached hydrogen (secondary N) is 2. The van der Waals surface area contributed by atoms with Gasteiger partial charge in [-0.1, -0.05) is 0 Å². The molecule has 0 atom stereocenters. The maximum absolute atomic E-state index is 12.1. The van der Waals surface area contributed by atoms with E-state index in [1.54, 1.807) is 6.20 Å². The molecule has 0 aliphatic carbocycles. The third kappa shape index (κ3) is 7.29. The number of hydrogen-bond donors (Lipinski definition) is 2. The first kappa shape index (κ1) is 27.4. The van der Waals surface area contributed by atoms with Crippen molar-refractivity contribution in [2.45, 2.75) is 44.9 Å². The molecule has 2 rings (SSSR count). The molecule has 2 heterocycles. The molecular weight excluding hydrogens is 460 g/mol. The maximum atomic E-state index is 12.1. The van der Waals surface area contributed by atoms with Crippen LogP contribution in [0.4, 0.5) is 0 Å². The van der Waals surface area contributed by atoms with E-state index in [4.69, 9.17) is 18.9 Å². The minimum absolute atomic E-state index is 0.0282. The Morgan fingerprint density at radius 1 is 0.743 bits per heavy atom. The Morgan fingerprint density at radius 2 is 1.29 bits per heavy atom. The smallest absolute Gasteiger partial charge is 0.310 e. The van der Waals surface area contributed by atoms with Crippen molar-refractivity contribution < 1.29 is 42.9 Å². The second-order valence-electron chi connectivity index (χ2n) is 7.70. The molecular formula is C24H30N2O9. The Kier molecular flexibility index (Phi) is 10.2. The number of rotatable bonds is 13. The summed E-state index contributed by atoms with van der Waals surface area (Å²) < 4.78 is 19.0. The Morgan fingerprint density at radius 3 is 1.83 bits per heavy atom. The number of H-pyrrole nitrogens is 2. The van der Waals surface area contributed by atoms with E-state index in [-0.39, 0.29) is 50.2 Å². The fourth-order valence-corrected chi connectivity index (χ4v) is 3.83. The Hall–Kier alpha value is -3.89. The van der Waals surface area contributed by atoms with Gasteiger partial charge in [0.25, 0.3) is 0 Å². The summed E-state index contributed by atoms with van der Waals surface area (Å²) in [4.78, 5) is 65.4. The van der Waals surface area contributed by atoms with Crippen LogP contribution in [0, 0.1) is 0 Å². The number of carbonyl (C=O) groups is 5. The van der Waals surface area contributed by atoms with Crippen LogP contribution in [0.1, 0.15) is 57.0 Å². The van der Waals surface area contributed by atoms with E-state index in [1.165, 1.54) is 28.4 Å². The molecule has 11 heteroatoms. The van der Waals surface area contributed by atoms with Crippen LogP contribution < -0.4 is 0 Å². The molecule has 0 aromatic carbocycles. The van der Waals surface area contributed by atoms with Crippen LogP contribution in [0.3, 0.4) is 0 Å². The summed E-state index contributed by atoms with van der Waals surface area (Å²) in [6.07, 6.45) is 3.12. The minimum Gasteiger partial charge on any atom is -0.469 e. The zero-order valence-electron chi connectivity index (χ0n) is 20.3. The third-order valence-corrected chi connectivity index (χ3v) is 5.71. The molecule has 0 bridgehead atoms. The second kappa shape index (κ2) is 13.1. The van der Waals surface area contributed by atoms with E-state index in [9.17, 15) is 24.0 Å². The van der Waals surface area contributed by atoms with Crippen molar-refractivity contribution in [3.05, 3.63) is 45.5 Å². The topological polar surface area (TPSA) is 154 Å². The van der Waals surface area contributed by atoms with Crippen LogP contribution in [-0.2, 0) is 70.2 Å². The summed E-state index contributed by atoms with van der Waals surface area (Å²) in [6, 6.07) is 0. The zero-order valence-corrected chi connectivity index (χ0v) is 20.3. The first-order valence-corrected chi connectivity index (χ1v) is 10.9. The van der Waals surface area contributed by atoms with Gasteiger partial charge in [-0.3, -0.25) is 24.0 Å². The first-order chi connectivity index (χ1) is 16.8. The van der Waals surface area contributed by atoms with Gasteiger partial charge in [0.05, 0.1) is 47.0 Å². The number of ether oxygens (including phenoxy) is 4. The SMILES string of the molecule is COC(=O)CCc1c[nH]c(Cc2[nH]c(C=O)c(CC(=O)OC)c2CCC(=O)OC)c1CC(=O)OC. The Bertz CT molecular complexity index is 1080. The Labute approximate surface area is 202 Å². The van der Waals surface area contributed by atoms with Crippen LogP contribution in [0.5, 0.6) is 0 Å². The van der Waals surface area contributed by atoms with Crippen LogP contribution in [0.2, 0.25) is 0 Å². The van der Waals surface area contributed by atoms with Crippen molar-refractivity contribution in [1.82, 2.24) is 9.97 Å². The van der Waals surface area contributed by atoms with Gasteiger partial charge in [0, 0.05) is 36.8 Å². The second-order valence-corrected chi connectivity index (χ2v) is 7.70. The van der Waals surface area contributed by atoms with Crippen molar-refractivity contribution in [2.24, 2.45) is 0 Å². The van der Waals surface area contributed by atoms with E-state index in [0.717, 1.165) is 5.56 Å². The van der Waals surface area contributed by atoms with Crippen LogP contribution in [0.15, 0.2) is 6.20 Å². The van der Waals surface area contributed by atoms with Gasteiger partial charge in [0.2, 0.25) is 0 Å². The normalized spacial score (nSPS) is 10.5. The number of aldehydes is 1. The summed E-state index contributed by atoms with van der Waals surface area (Å²) in [5.41, 5.74) is 3.95. The van der Waals surface area contributed by atoms with Crippen molar-refractivity contribution in [3.63, 3.8) is 0 Å². The van der Waals surface area contributed by atoms with Gasteiger partial charge >= 0.3 is 23.9 Å². The standard InChI is InChI=1S/C24H30N2O9/c1-32-21(28)7-5-14-12-25-18(16(14)9-23(30)34-3)11-19-15(6-8-22(29)33-2)17(10-24(31)35-4)20(13-27)26-19/h12-13,25-26H,5-11H2,1-4H3. The number of hydrogen-bond acceptors (Lipinski definition) is 9. The largest absolute Gasteiger partial charge is 0.469 e. The van der Waals surface area contributed by atoms with Crippen molar-refractivity contribution in [2.75, 3.05) is 28.4 Å². The highest BCUT2D eigenvalue weighted by Gasteiger charge is 2.23. The van der Waals surface area contributed by atoms with Gasteiger partial charge in [0.15, 0.2) is 6.29 Å². The highest BCUT2D eigenvalue weighted by Crippen LogP contribution is 2.27. The molecule has 0 amide bonds. The highest BCUT2D eigenvalue weighted by molar-refractivity contribution is 5.82. The summed E-state index contributed by atoms with van der Waals surface area (Å²) in [6.45, 7) is 0. The highest BCUT2D eigenvalue weighted by atomic mass is 16.5. The molecule has 0 aliphatic rings. The van der Waals surface area contributed by atoms with Gasteiger partial charge in [-0.05, 0) is 35.1 Å². The lowest BCUT2D eigenvalue weighted by Gasteiger charge is -2.09. The number of esters is 4. The molecule has 2 aromatic rings. The van der Waals surface area contributed by atoms with Gasteiger partial charge in [-0.15, -0.1) is 0 Å². The van der Waals surface area contributed by atoms with Crippen molar-refractivity contribution in [1.29, 1.82) is 0 Å². The Balaban J connectivity index is 2.49. The molecule has 0 radical (unpaired) electrons. The molecule has 35 heavy (non-hydrogen) atoms. The van der Waals surface area contributed by atoms with Gasteiger partial charge in [-0.25, -0.2) is 0 Å². The molecule has 0 aliphatic heterocycles. The summed E-state index contributed by atoms with van der Waals surface area (Å²) in [7, 11) is 5.12. The number of methoxy groups -OCH3 is 4. The van der Waals surface area contributed by atoms with Crippen LogP contribution in [-0.4, -0.2) is 68.6 Å². The summed E-state index contributed by atoms with van der Waals surface area (Å²) >= 11 is 0. The molecule has 0 unspecified atom stereocenters. The van der Waals surface area contributed by atoms with Crippen LogP contribution in [0.25, 0.3) is 0 Å². The van der Waals surface area contributed by atoms with Gasteiger partial charge in [0.1, 0.15) is 0 Å². The molecule has 11 nitrogen and oxygen atoms in total. The lowest BCUT2D eigenvalue weighted by atomic mass is 9.96. The monoisotopic (exact) mass is 490 g/mol. The van der Waals surface area contributed by atoms with Gasteiger partial charge < -0.3 is 28.9 Å². The fraction of sp³-hybridized carbons (Fsp3) is 0.458. The third-order valence-electron chi connectivity index (χ3n) is 5.71. The molecule has 0 spiro atoms. The molecule has 0 saturated heterocycles. The predicted molar refractivity (Wildman–Crippen MR) is 122 cm³/mol. The van der Waals surface area contributed by atoms with E-state index in [1.807, 2.05) is 0 Å². The minimum atomic E-state index is -0.533. The maximum Gasteiger partial charge on any atom is 0.310 e. The number of aryl methyl sites for hydroxylation is 1. The molecule has 190 valence electrons. The average Bonchev–Trinajstić information content (AvgIpc) is 3.40. The fourth-order valence-electron chi connectivity index (χ4n) is 3.83. The lowest BCUT2D eigenvalue weighted by molar-refractivity contribution is -0.141. The molecule has 0 fully saturated rings. The zero-order chi connectivity index (χ0) is 26.0. The van der Waals surface area contributed by atoms with Crippen molar-refractivity contribution >= 4 is 30.2 Å². The van der Waals surface area contributed by atoms with Crippen molar-refractivity contribution in [3.8, 4) is 0 Å². The summed E-state index contributed by atoms with van der Waals surface area (Å²) in [5, 5.41) is 0.